The van der Waals surface area contributed by atoms with Gasteiger partial charge in [-0.15, -0.1) is 0 Å². The van der Waals surface area contributed by atoms with Gasteiger partial charge in [-0.25, -0.2) is 9.10 Å². The lowest BCUT2D eigenvalue weighted by Crippen LogP contribution is -2.48. The van der Waals surface area contributed by atoms with Gasteiger partial charge in [-0.1, -0.05) is 25.7 Å². The van der Waals surface area contributed by atoms with E-state index in [-0.39, 0.29) is 5.54 Å². The fourth-order valence-corrected chi connectivity index (χ4v) is 5.38. The molecule has 8 nitrogen and oxygen atoms in total. The van der Waals surface area contributed by atoms with Gasteiger partial charge in [0.05, 0.1) is 13.2 Å². The Balaban J connectivity index is 1.76. The zero-order chi connectivity index (χ0) is 20.2. The second-order valence-electron chi connectivity index (χ2n) is 7.95. The quantitative estimate of drug-likeness (QED) is 0.351. The number of carboxylic acid groups (broad SMARTS) is 1. The predicted molar refractivity (Wildman–Crippen MR) is 108 cm³/mol. The first-order valence-corrected chi connectivity index (χ1v) is 11.7. The molecule has 28 heavy (non-hydrogen) atoms. The molecule has 2 aliphatic rings. The lowest BCUT2D eigenvalue weighted by atomic mass is 9.91. The smallest absolute Gasteiger partial charge is 0.404 e. The summed E-state index contributed by atoms with van der Waals surface area (Å²) in [7, 11) is 0. The first kappa shape index (κ1) is 23.5. The molecule has 0 spiro atoms. The Bertz CT molecular complexity index is 482. The molecule has 1 amide bonds. The van der Waals surface area contributed by atoms with E-state index in [1.165, 1.54) is 0 Å². The van der Waals surface area contributed by atoms with E-state index in [1.54, 1.807) is 4.31 Å². The minimum Gasteiger partial charge on any atom is -0.760 e. The summed E-state index contributed by atoms with van der Waals surface area (Å²) >= 11 is -2.20. The van der Waals surface area contributed by atoms with E-state index >= 15 is 0 Å². The number of carbonyl (C=O) groups is 1. The van der Waals surface area contributed by atoms with Crippen LogP contribution in [0.2, 0.25) is 0 Å². The van der Waals surface area contributed by atoms with Crippen molar-refractivity contribution in [3.8, 4) is 0 Å². The highest BCUT2D eigenvalue weighted by atomic mass is 32.2. The van der Waals surface area contributed by atoms with Gasteiger partial charge in [-0.3, -0.25) is 9.11 Å². The van der Waals surface area contributed by atoms with Gasteiger partial charge >= 0.3 is 6.09 Å². The third-order valence-corrected chi connectivity index (χ3v) is 6.96. The fraction of sp³-hybridized carbons (Fsp3) is 0.947. The average molecular weight is 419 g/mol. The molecule has 1 saturated heterocycles. The van der Waals surface area contributed by atoms with Crippen LogP contribution in [0.25, 0.3) is 0 Å². The number of morpholine rings is 1. The third kappa shape index (κ3) is 7.94. The van der Waals surface area contributed by atoms with E-state index in [2.05, 4.69) is 10.2 Å². The van der Waals surface area contributed by atoms with Gasteiger partial charge in [0.15, 0.2) is 0 Å². The first-order valence-electron chi connectivity index (χ1n) is 10.7. The van der Waals surface area contributed by atoms with Crippen molar-refractivity contribution in [1.29, 1.82) is 0 Å². The summed E-state index contributed by atoms with van der Waals surface area (Å²) in [5.41, 5.74) is -0.205. The third-order valence-electron chi connectivity index (χ3n) is 6.03. The van der Waals surface area contributed by atoms with Crippen LogP contribution in [0.1, 0.15) is 64.2 Å². The molecule has 1 atom stereocenters. The zero-order valence-electron chi connectivity index (χ0n) is 16.9. The normalized spacial score (nSPS) is 21.1. The second-order valence-corrected chi connectivity index (χ2v) is 8.83. The van der Waals surface area contributed by atoms with Gasteiger partial charge in [0.2, 0.25) is 0 Å². The van der Waals surface area contributed by atoms with Crippen LogP contribution >= 0.6 is 0 Å². The maximum absolute atomic E-state index is 12.0. The summed E-state index contributed by atoms with van der Waals surface area (Å²) in [4.78, 5) is 12.8. The predicted octanol–water partition coefficient (Wildman–Crippen LogP) is 2.34. The highest BCUT2D eigenvalue weighted by Gasteiger charge is 2.39. The van der Waals surface area contributed by atoms with Gasteiger partial charge in [-0.05, 0) is 45.1 Å². The lowest BCUT2D eigenvalue weighted by molar-refractivity contribution is 0.0350. The summed E-state index contributed by atoms with van der Waals surface area (Å²) < 4.78 is 31.2. The van der Waals surface area contributed by atoms with Crippen LogP contribution in [-0.4, -0.2) is 80.6 Å². The molecular formula is C19H36N3O5S-. The van der Waals surface area contributed by atoms with E-state index in [0.717, 1.165) is 97.1 Å². The summed E-state index contributed by atoms with van der Waals surface area (Å²) in [6.07, 6.45) is 8.53. The largest absolute Gasteiger partial charge is 0.760 e. The highest BCUT2D eigenvalue weighted by molar-refractivity contribution is 7.76. The minimum atomic E-state index is -2.20. The van der Waals surface area contributed by atoms with Gasteiger partial charge in [0.1, 0.15) is 0 Å². The molecule has 1 unspecified atom stereocenters. The van der Waals surface area contributed by atoms with E-state index in [4.69, 9.17) is 9.84 Å². The van der Waals surface area contributed by atoms with Crippen molar-refractivity contribution >= 4 is 17.4 Å². The van der Waals surface area contributed by atoms with Crippen LogP contribution in [0.5, 0.6) is 0 Å². The van der Waals surface area contributed by atoms with Crippen molar-refractivity contribution in [3.63, 3.8) is 0 Å². The molecule has 1 aliphatic heterocycles. The number of nitrogens with zero attached hydrogens (tertiary/aromatic N) is 2. The van der Waals surface area contributed by atoms with Crippen LogP contribution < -0.4 is 5.32 Å². The second kappa shape index (κ2) is 12.7. The van der Waals surface area contributed by atoms with Crippen molar-refractivity contribution in [2.24, 2.45) is 0 Å². The fourth-order valence-electron chi connectivity index (χ4n) is 4.51. The van der Waals surface area contributed by atoms with Crippen molar-refractivity contribution < 1.29 is 23.4 Å². The van der Waals surface area contributed by atoms with Crippen molar-refractivity contribution in [2.75, 3.05) is 45.9 Å². The minimum absolute atomic E-state index is 0.205. The number of rotatable bonds is 13. The average Bonchev–Trinajstić information content (AvgIpc) is 3.13. The molecule has 0 radical (unpaired) electrons. The molecule has 2 rings (SSSR count). The molecule has 1 heterocycles. The molecule has 2 N–H and O–H groups in total. The number of hydrogen-bond acceptors (Lipinski definition) is 5. The summed E-state index contributed by atoms with van der Waals surface area (Å²) in [5.74, 6) is 0. The SMILES string of the molecule is O=C(O)NCCCCCCN(S(=O)[O-])C1(CCCN2CCOCC2)CCCC1. The molecule has 0 aromatic heterocycles. The number of unbranched alkanes of at least 4 members (excludes halogenated alkanes) is 3. The van der Waals surface area contributed by atoms with E-state index in [1.807, 2.05) is 0 Å². The Morgan fingerprint density at radius 2 is 1.82 bits per heavy atom. The number of hydrogen-bond donors (Lipinski definition) is 2. The van der Waals surface area contributed by atoms with Crippen LogP contribution in [0.4, 0.5) is 4.79 Å². The van der Waals surface area contributed by atoms with Crippen LogP contribution in [0.3, 0.4) is 0 Å². The maximum Gasteiger partial charge on any atom is 0.404 e. The maximum atomic E-state index is 12.0. The number of ether oxygens (including phenoxy) is 1. The molecule has 2 fully saturated rings. The summed E-state index contributed by atoms with van der Waals surface area (Å²) in [6, 6.07) is 0. The van der Waals surface area contributed by atoms with Gasteiger partial charge in [0, 0.05) is 43.0 Å². The van der Waals surface area contributed by atoms with Crippen molar-refractivity contribution in [2.45, 2.75) is 69.7 Å². The molecule has 0 bridgehead atoms. The Hall–Kier alpha value is -0.740. The first-order chi connectivity index (χ1) is 13.5. The molecule has 0 aromatic rings. The topological polar surface area (TPSA) is 105 Å². The van der Waals surface area contributed by atoms with Crippen molar-refractivity contribution in [3.05, 3.63) is 0 Å². The standard InChI is InChI=1S/C19H37N3O5S/c23-18(24)20-11-5-1-2-6-13-22(28(25)26)19(8-3-4-9-19)10-7-12-21-14-16-27-17-15-21/h20H,1-17H2,(H,23,24)(H,25,26)/p-1. The van der Waals surface area contributed by atoms with Crippen LogP contribution in [0, 0.1) is 0 Å². The molecular weight excluding hydrogens is 382 g/mol. The monoisotopic (exact) mass is 418 g/mol. The van der Waals surface area contributed by atoms with Gasteiger partial charge < -0.3 is 19.7 Å². The van der Waals surface area contributed by atoms with Crippen LogP contribution in [-0.2, 0) is 16.0 Å². The van der Waals surface area contributed by atoms with E-state index in [0.29, 0.717) is 13.1 Å². The Labute approximate surface area is 171 Å². The number of amides is 1. The van der Waals surface area contributed by atoms with Gasteiger partial charge in [-0.2, -0.15) is 0 Å². The van der Waals surface area contributed by atoms with Crippen molar-refractivity contribution in [1.82, 2.24) is 14.5 Å². The Kier molecular flexibility index (Phi) is 10.7. The molecule has 0 aromatic carbocycles. The van der Waals surface area contributed by atoms with E-state index < -0.39 is 17.4 Å². The molecule has 1 saturated carbocycles. The lowest BCUT2D eigenvalue weighted by Gasteiger charge is -2.43. The number of nitrogens with one attached hydrogen (secondary N) is 1. The highest BCUT2D eigenvalue weighted by Crippen LogP contribution is 2.40. The van der Waals surface area contributed by atoms with Gasteiger partial charge in [0.25, 0.3) is 0 Å². The zero-order valence-corrected chi connectivity index (χ0v) is 17.7. The van der Waals surface area contributed by atoms with E-state index in [9.17, 15) is 13.6 Å². The molecule has 1 aliphatic carbocycles. The summed E-state index contributed by atoms with van der Waals surface area (Å²) in [5, 5.41) is 10.9. The summed E-state index contributed by atoms with van der Waals surface area (Å²) in [6.45, 7) is 5.58. The Morgan fingerprint density at radius 3 is 2.46 bits per heavy atom. The molecule has 9 heteroatoms. The Morgan fingerprint density at radius 1 is 1.14 bits per heavy atom. The molecule has 164 valence electrons. The van der Waals surface area contributed by atoms with Crippen LogP contribution in [0.15, 0.2) is 0 Å².